The lowest BCUT2D eigenvalue weighted by Gasteiger charge is -2.13. The molecule has 1 unspecified atom stereocenters. The lowest BCUT2D eigenvalue weighted by Crippen LogP contribution is -2.33. The maximum atomic E-state index is 12.7. The van der Waals surface area contributed by atoms with Crippen molar-refractivity contribution in [2.24, 2.45) is 10.1 Å². The lowest BCUT2D eigenvalue weighted by atomic mass is 10.2. The number of primary sulfonamides is 1. The fourth-order valence-electron chi connectivity index (χ4n) is 2.48. The number of anilines is 1. The Bertz CT molecular complexity index is 1050. The molecule has 0 saturated carbocycles. The number of thioether (sulfide) groups is 1. The van der Waals surface area contributed by atoms with Crippen molar-refractivity contribution in [3.63, 3.8) is 0 Å². The van der Waals surface area contributed by atoms with Crippen molar-refractivity contribution in [2.75, 3.05) is 11.9 Å². The molecular weight excluding hydrogens is 434 g/mol. The van der Waals surface area contributed by atoms with Crippen molar-refractivity contribution < 1.29 is 18.0 Å². The minimum absolute atomic E-state index is 0.0554. The SMILES string of the molecule is C=CCN1C(=O)C(CC(=O)Nc2ccc(S(N)(=O)=O)cc2)SC1=Nc1nccs1. The van der Waals surface area contributed by atoms with Gasteiger partial charge in [0.2, 0.25) is 27.0 Å². The van der Waals surface area contributed by atoms with Crippen LogP contribution in [-0.2, 0) is 19.6 Å². The first-order valence-electron chi connectivity index (χ1n) is 8.28. The largest absolute Gasteiger partial charge is 0.326 e. The van der Waals surface area contributed by atoms with Crippen LogP contribution in [0.2, 0.25) is 0 Å². The van der Waals surface area contributed by atoms with Gasteiger partial charge in [-0.2, -0.15) is 4.99 Å². The second kappa shape index (κ2) is 8.86. The van der Waals surface area contributed by atoms with Crippen LogP contribution < -0.4 is 10.5 Å². The molecule has 2 heterocycles. The first-order chi connectivity index (χ1) is 13.8. The zero-order valence-corrected chi connectivity index (χ0v) is 17.5. The number of carbonyl (C=O) groups excluding carboxylic acids is 2. The van der Waals surface area contributed by atoms with E-state index in [2.05, 4.69) is 21.9 Å². The van der Waals surface area contributed by atoms with Crippen LogP contribution in [0.4, 0.5) is 10.8 Å². The Morgan fingerprint density at radius 1 is 1.38 bits per heavy atom. The van der Waals surface area contributed by atoms with Crippen molar-refractivity contribution >= 4 is 60.9 Å². The van der Waals surface area contributed by atoms with Crippen molar-refractivity contribution in [2.45, 2.75) is 16.6 Å². The van der Waals surface area contributed by atoms with E-state index in [0.717, 1.165) is 0 Å². The molecule has 1 aromatic carbocycles. The second-order valence-corrected chi connectivity index (χ2v) is 9.48. The van der Waals surface area contributed by atoms with Crippen LogP contribution >= 0.6 is 23.1 Å². The van der Waals surface area contributed by atoms with Crippen molar-refractivity contribution in [3.8, 4) is 0 Å². The van der Waals surface area contributed by atoms with E-state index in [9.17, 15) is 18.0 Å². The third kappa shape index (κ3) is 5.29. The Hall–Kier alpha value is -2.54. The number of hydrogen-bond donors (Lipinski definition) is 2. The van der Waals surface area contributed by atoms with Crippen LogP contribution in [0.1, 0.15) is 6.42 Å². The van der Waals surface area contributed by atoms with Crippen molar-refractivity contribution in [1.29, 1.82) is 0 Å². The maximum Gasteiger partial charge on any atom is 0.242 e. The molecule has 1 aromatic heterocycles. The number of nitrogens with zero attached hydrogens (tertiary/aromatic N) is 3. The predicted octanol–water partition coefficient (Wildman–Crippen LogP) is 1.94. The summed E-state index contributed by atoms with van der Waals surface area (Å²) in [5, 5.41) is 9.85. The minimum atomic E-state index is -3.81. The Balaban J connectivity index is 1.68. The predicted molar refractivity (Wildman–Crippen MR) is 114 cm³/mol. The van der Waals surface area contributed by atoms with E-state index in [-0.39, 0.29) is 29.7 Å². The molecule has 1 fully saturated rings. The normalized spacial score (nSPS) is 18.2. The van der Waals surface area contributed by atoms with E-state index >= 15 is 0 Å². The topological polar surface area (TPSA) is 135 Å². The number of nitrogens with two attached hydrogens (primary N) is 1. The summed E-state index contributed by atoms with van der Waals surface area (Å²) in [6.07, 6.45) is 3.14. The Labute approximate surface area is 175 Å². The van der Waals surface area contributed by atoms with Gasteiger partial charge in [0.1, 0.15) is 5.25 Å². The number of hydrogen-bond acceptors (Lipinski definition) is 8. The summed E-state index contributed by atoms with van der Waals surface area (Å²) in [5.74, 6) is -0.613. The zero-order chi connectivity index (χ0) is 21.0. The number of amidine groups is 1. The number of thiazole rings is 1. The summed E-state index contributed by atoms with van der Waals surface area (Å²) in [4.78, 5) is 34.9. The Morgan fingerprint density at radius 3 is 2.69 bits per heavy atom. The van der Waals surface area contributed by atoms with Gasteiger partial charge in [-0.05, 0) is 24.3 Å². The third-order valence-electron chi connectivity index (χ3n) is 3.78. The highest BCUT2D eigenvalue weighted by Gasteiger charge is 2.38. The molecule has 12 heteroatoms. The van der Waals surface area contributed by atoms with Crippen LogP contribution in [0, 0.1) is 0 Å². The molecule has 9 nitrogen and oxygen atoms in total. The fourth-order valence-corrected chi connectivity index (χ4v) is 4.71. The van der Waals surface area contributed by atoms with Gasteiger partial charge in [0.15, 0.2) is 5.17 Å². The van der Waals surface area contributed by atoms with Crippen LogP contribution in [-0.4, -0.2) is 47.1 Å². The van der Waals surface area contributed by atoms with Gasteiger partial charge in [-0.3, -0.25) is 14.5 Å². The number of benzene rings is 1. The summed E-state index contributed by atoms with van der Waals surface area (Å²) in [6.45, 7) is 3.94. The zero-order valence-electron chi connectivity index (χ0n) is 15.0. The molecular formula is C17H17N5O4S3. The summed E-state index contributed by atoms with van der Waals surface area (Å²) in [7, 11) is -3.81. The maximum absolute atomic E-state index is 12.7. The number of nitrogens with one attached hydrogen (secondary N) is 1. The van der Waals surface area contributed by atoms with Gasteiger partial charge < -0.3 is 5.32 Å². The quantitative estimate of drug-likeness (QED) is 0.618. The van der Waals surface area contributed by atoms with Crippen LogP contribution in [0.5, 0.6) is 0 Å². The molecule has 3 rings (SSSR count). The fraction of sp³-hybridized carbons (Fsp3) is 0.176. The van der Waals surface area contributed by atoms with Gasteiger partial charge in [0.05, 0.1) is 4.90 Å². The van der Waals surface area contributed by atoms with E-state index in [1.165, 1.54) is 52.3 Å². The monoisotopic (exact) mass is 451 g/mol. The molecule has 1 aliphatic rings. The molecule has 0 radical (unpaired) electrons. The first kappa shape index (κ1) is 21.2. The summed E-state index contributed by atoms with van der Waals surface area (Å²) >= 11 is 2.54. The van der Waals surface area contributed by atoms with Gasteiger partial charge in [-0.25, -0.2) is 18.5 Å². The molecule has 1 atom stereocenters. The summed E-state index contributed by atoms with van der Waals surface area (Å²) < 4.78 is 22.6. The highest BCUT2D eigenvalue weighted by molar-refractivity contribution is 8.15. The van der Waals surface area contributed by atoms with Crippen LogP contribution in [0.3, 0.4) is 0 Å². The average Bonchev–Trinajstić information content (AvgIpc) is 3.26. The molecule has 2 amide bonds. The number of aliphatic imine (C=N–C) groups is 1. The van der Waals surface area contributed by atoms with Gasteiger partial charge in [0.25, 0.3) is 0 Å². The molecule has 29 heavy (non-hydrogen) atoms. The lowest BCUT2D eigenvalue weighted by molar-refractivity contribution is -0.127. The standard InChI is InChI=1S/C17H17N5O4S3/c1-2-8-22-15(24)13(28-17(22)21-16-19-7-9-27-16)10-14(23)20-11-3-5-12(6-4-11)29(18,25)26/h2-7,9,13H,1,8,10H2,(H,20,23)(H2,18,25,26). The number of rotatable bonds is 7. The second-order valence-electron chi connectivity index (χ2n) is 5.87. The first-order valence-corrected chi connectivity index (χ1v) is 11.6. The van der Waals surface area contributed by atoms with Crippen molar-refractivity contribution in [3.05, 3.63) is 48.5 Å². The van der Waals surface area contributed by atoms with Crippen LogP contribution in [0.15, 0.2) is 58.4 Å². The van der Waals surface area contributed by atoms with Gasteiger partial charge >= 0.3 is 0 Å². The molecule has 0 spiro atoms. The van der Waals surface area contributed by atoms with E-state index in [4.69, 9.17) is 5.14 Å². The third-order valence-corrected chi connectivity index (χ3v) is 6.55. The number of amides is 2. The Kier molecular flexibility index (Phi) is 6.47. The molecule has 152 valence electrons. The molecule has 1 saturated heterocycles. The summed E-state index contributed by atoms with van der Waals surface area (Å²) in [5.41, 5.74) is 0.400. The number of sulfonamides is 1. The van der Waals surface area contributed by atoms with Gasteiger partial charge in [-0.1, -0.05) is 17.8 Å². The highest BCUT2D eigenvalue weighted by atomic mass is 32.2. The van der Waals surface area contributed by atoms with E-state index in [1.54, 1.807) is 17.7 Å². The smallest absolute Gasteiger partial charge is 0.242 e. The van der Waals surface area contributed by atoms with Gasteiger partial charge in [0, 0.05) is 30.2 Å². The number of carbonyl (C=O) groups is 2. The van der Waals surface area contributed by atoms with Crippen molar-refractivity contribution in [1.82, 2.24) is 9.88 Å². The van der Waals surface area contributed by atoms with E-state index < -0.39 is 15.3 Å². The molecule has 3 N–H and O–H groups in total. The Morgan fingerprint density at radius 2 is 2.10 bits per heavy atom. The molecule has 0 aliphatic carbocycles. The molecule has 0 bridgehead atoms. The molecule has 2 aromatic rings. The van der Waals surface area contributed by atoms with Gasteiger partial charge in [-0.15, -0.1) is 17.9 Å². The minimum Gasteiger partial charge on any atom is -0.326 e. The van der Waals surface area contributed by atoms with Crippen LogP contribution in [0.25, 0.3) is 0 Å². The summed E-state index contributed by atoms with van der Waals surface area (Å²) in [6, 6.07) is 5.46. The highest BCUT2D eigenvalue weighted by Crippen LogP contribution is 2.32. The van der Waals surface area contributed by atoms with E-state index in [0.29, 0.717) is 16.0 Å². The van der Waals surface area contributed by atoms with E-state index in [1.807, 2.05) is 0 Å². The number of aromatic nitrogens is 1. The molecule has 1 aliphatic heterocycles. The average molecular weight is 452 g/mol.